The van der Waals surface area contributed by atoms with Crippen LogP contribution in [0.2, 0.25) is 0 Å². The average Bonchev–Trinajstić information content (AvgIpc) is 3.51. The van der Waals surface area contributed by atoms with Crippen molar-refractivity contribution in [1.82, 2.24) is 15.2 Å². The lowest BCUT2D eigenvalue weighted by atomic mass is 10.1. The van der Waals surface area contributed by atoms with Crippen LogP contribution in [0.15, 0.2) is 40.1 Å². The lowest BCUT2D eigenvalue weighted by molar-refractivity contribution is -0.385. The number of carbonyl (C=O) groups is 4. The van der Waals surface area contributed by atoms with E-state index >= 15 is 0 Å². The van der Waals surface area contributed by atoms with Crippen LogP contribution in [0.5, 0.6) is 0 Å². The molecule has 2 aromatic heterocycles. The maximum Gasteiger partial charge on any atom is 0.282 e. The molecule has 0 saturated carbocycles. The van der Waals surface area contributed by atoms with Crippen molar-refractivity contribution in [2.45, 2.75) is 26.4 Å². The van der Waals surface area contributed by atoms with E-state index in [9.17, 15) is 29.3 Å². The van der Waals surface area contributed by atoms with Crippen LogP contribution in [0.4, 0.5) is 10.8 Å². The van der Waals surface area contributed by atoms with E-state index in [1.165, 1.54) is 26.0 Å². The number of imide groups is 1. The Morgan fingerprint density at radius 2 is 2.00 bits per heavy atom. The summed E-state index contributed by atoms with van der Waals surface area (Å²) >= 11 is 1.10. The van der Waals surface area contributed by atoms with Crippen molar-refractivity contribution in [2.24, 2.45) is 0 Å². The van der Waals surface area contributed by atoms with Crippen LogP contribution in [-0.4, -0.2) is 44.5 Å². The molecule has 13 heteroatoms. The molecule has 34 heavy (non-hydrogen) atoms. The fraction of sp³-hybridized carbons (Fsp3) is 0.190. The van der Waals surface area contributed by atoms with Gasteiger partial charge in [-0.25, -0.2) is 4.98 Å². The van der Waals surface area contributed by atoms with Crippen LogP contribution < -0.4 is 10.6 Å². The summed E-state index contributed by atoms with van der Waals surface area (Å²) < 4.78 is 5.63. The molecule has 2 N–H and O–H groups in total. The second-order valence-corrected chi connectivity index (χ2v) is 8.17. The van der Waals surface area contributed by atoms with E-state index < -0.39 is 34.4 Å². The minimum Gasteiger partial charge on any atom is -0.458 e. The van der Waals surface area contributed by atoms with Crippen LogP contribution in [0, 0.1) is 10.1 Å². The lowest BCUT2D eigenvalue weighted by Crippen LogP contribution is -2.45. The number of anilines is 1. The summed E-state index contributed by atoms with van der Waals surface area (Å²) in [5.41, 5.74) is -0.505. The standard InChI is InChI=1S/C21H17N5O7S/c1-10(25-19(29)13-4-3-5-15(26(31)32)17(13)20(25)30)18(28)24-21-23-14(9-34-21)16-7-6-12(33-16)8-22-11(2)27/h3-7,9-10H,8H2,1-2H3,(H,22,27)(H,23,24,28)/t10-/m0/s1. The molecule has 4 amide bonds. The first kappa shape index (κ1) is 22.8. The number of nitro groups is 1. The molecular formula is C21H17N5O7S. The van der Waals surface area contributed by atoms with Gasteiger partial charge in [-0.1, -0.05) is 6.07 Å². The van der Waals surface area contributed by atoms with Crippen LogP contribution >= 0.6 is 11.3 Å². The van der Waals surface area contributed by atoms with E-state index in [2.05, 4.69) is 15.6 Å². The monoisotopic (exact) mass is 483 g/mol. The van der Waals surface area contributed by atoms with Gasteiger partial charge >= 0.3 is 0 Å². The molecule has 12 nitrogen and oxygen atoms in total. The van der Waals surface area contributed by atoms with Gasteiger partial charge in [-0.3, -0.25) is 34.2 Å². The van der Waals surface area contributed by atoms with Gasteiger partial charge in [0.2, 0.25) is 11.8 Å². The van der Waals surface area contributed by atoms with Gasteiger partial charge in [-0.15, -0.1) is 11.3 Å². The van der Waals surface area contributed by atoms with Crippen molar-refractivity contribution in [3.05, 3.63) is 62.7 Å². The number of hydrogen-bond acceptors (Lipinski definition) is 9. The van der Waals surface area contributed by atoms with E-state index in [0.29, 0.717) is 22.1 Å². The highest BCUT2D eigenvalue weighted by Crippen LogP contribution is 2.32. The maximum absolute atomic E-state index is 12.8. The predicted molar refractivity (Wildman–Crippen MR) is 119 cm³/mol. The summed E-state index contributed by atoms with van der Waals surface area (Å²) in [6.07, 6.45) is 0. The Bertz CT molecular complexity index is 1340. The predicted octanol–water partition coefficient (Wildman–Crippen LogP) is 2.57. The summed E-state index contributed by atoms with van der Waals surface area (Å²) in [6.45, 7) is 2.96. The Kier molecular flexibility index (Phi) is 5.94. The first-order valence-corrected chi connectivity index (χ1v) is 10.8. The summed E-state index contributed by atoms with van der Waals surface area (Å²) in [7, 11) is 0. The molecule has 4 rings (SSSR count). The summed E-state index contributed by atoms with van der Waals surface area (Å²) in [4.78, 5) is 64.8. The van der Waals surface area contributed by atoms with Gasteiger partial charge in [-0.05, 0) is 25.1 Å². The molecule has 1 aliphatic rings. The van der Waals surface area contributed by atoms with E-state index in [1.54, 1.807) is 17.5 Å². The van der Waals surface area contributed by atoms with Gasteiger partial charge in [0.05, 0.1) is 17.0 Å². The summed E-state index contributed by atoms with van der Waals surface area (Å²) in [5.74, 6) is -1.62. The molecule has 3 heterocycles. The third-order valence-electron chi connectivity index (χ3n) is 5.05. The Morgan fingerprint density at radius 1 is 1.24 bits per heavy atom. The second kappa shape index (κ2) is 8.86. The molecule has 1 atom stereocenters. The fourth-order valence-electron chi connectivity index (χ4n) is 3.38. The van der Waals surface area contributed by atoms with Crippen molar-refractivity contribution in [2.75, 3.05) is 5.32 Å². The molecule has 1 aromatic carbocycles. The highest BCUT2D eigenvalue weighted by molar-refractivity contribution is 7.14. The van der Waals surface area contributed by atoms with Gasteiger partial charge in [0.25, 0.3) is 17.5 Å². The average molecular weight is 483 g/mol. The van der Waals surface area contributed by atoms with Crippen molar-refractivity contribution >= 4 is 45.8 Å². The number of carbonyl (C=O) groups excluding carboxylic acids is 4. The summed E-state index contributed by atoms with van der Waals surface area (Å²) in [6, 6.07) is 5.87. The number of nitro benzene ring substituents is 1. The molecule has 0 saturated heterocycles. The highest BCUT2D eigenvalue weighted by atomic mass is 32.1. The number of nitrogens with one attached hydrogen (secondary N) is 2. The Labute approximate surface area is 195 Å². The van der Waals surface area contributed by atoms with Gasteiger partial charge in [0, 0.05) is 18.4 Å². The smallest absolute Gasteiger partial charge is 0.282 e. The number of furan rings is 1. The van der Waals surface area contributed by atoms with Crippen molar-refractivity contribution in [3.63, 3.8) is 0 Å². The fourth-order valence-corrected chi connectivity index (χ4v) is 4.09. The third kappa shape index (κ3) is 4.15. The highest BCUT2D eigenvalue weighted by Gasteiger charge is 2.45. The molecule has 0 radical (unpaired) electrons. The normalized spacial score (nSPS) is 13.5. The zero-order valence-electron chi connectivity index (χ0n) is 17.9. The number of fused-ring (bicyclic) bond motifs is 1. The Morgan fingerprint density at radius 3 is 2.71 bits per heavy atom. The minimum absolute atomic E-state index is 0.122. The van der Waals surface area contributed by atoms with Crippen LogP contribution in [0.3, 0.4) is 0 Å². The summed E-state index contributed by atoms with van der Waals surface area (Å²) in [5, 5.41) is 18.3. The SMILES string of the molecule is CC(=O)NCc1ccc(-c2csc(NC(=O)[C@H](C)N3C(=O)c4cccc([N+](=O)[O-])c4C3=O)n2)o1. The minimum atomic E-state index is -1.24. The largest absolute Gasteiger partial charge is 0.458 e. The van der Waals surface area contributed by atoms with Crippen LogP contribution in [0.1, 0.15) is 40.3 Å². The van der Waals surface area contributed by atoms with Crippen molar-refractivity contribution < 1.29 is 28.5 Å². The number of thiazole rings is 1. The number of benzene rings is 1. The van der Waals surface area contributed by atoms with Crippen LogP contribution in [0.25, 0.3) is 11.5 Å². The quantitative estimate of drug-likeness (QED) is 0.294. The second-order valence-electron chi connectivity index (χ2n) is 7.32. The van der Waals surface area contributed by atoms with Gasteiger partial charge in [-0.2, -0.15) is 0 Å². The van der Waals surface area contributed by atoms with Crippen molar-refractivity contribution in [3.8, 4) is 11.5 Å². The number of amides is 4. The van der Waals surface area contributed by atoms with E-state index in [1.807, 2.05) is 0 Å². The van der Waals surface area contributed by atoms with Gasteiger partial charge < -0.3 is 15.1 Å². The zero-order valence-corrected chi connectivity index (χ0v) is 18.7. The number of hydrogen-bond donors (Lipinski definition) is 2. The molecule has 0 unspecified atom stereocenters. The van der Waals surface area contributed by atoms with E-state index in [-0.39, 0.29) is 28.7 Å². The van der Waals surface area contributed by atoms with Crippen molar-refractivity contribution in [1.29, 1.82) is 0 Å². The van der Waals surface area contributed by atoms with Gasteiger partial charge in [0.1, 0.15) is 23.1 Å². The van der Waals surface area contributed by atoms with Crippen LogP contribution in [-0.2, 0) is 16.1 Å². The number of aromatic nitrogens is 1. The van der Waals surface area contributed by atoms with E-state index in [4.69, 9.17) is 4.42 Å². The topological polar surface area (TPSA) is 165 Å². The molecule has 0 bridgehead atoms. The molecule has 1 aliphatic heterocycles. The maximum atomic E-state index is 12.8. The molecule has 0 fully saturated rings. The molecule has 3 aromatic rings. The van der Waals surface area contributed by atoms with E-state index in [0.717, 1.165) is 17.4 Å². The molecular weight excluding hydrogens is 466 g/mol. The van der Waals surface area contributed by atoms with Gasteiger partial charge in [0.15, 0.2) is 10.9 Å². The molecule has 0 aliphatic carbocycles. The number of rotatable bonds is 7. The first-order valence-electron chi connectivity index (χ1n) is 9.92. The Balaban J connectivity index is 1.47. The lowest BCUT2D eigenvalue weighted by Gasteiger charge is -2.20. The zero-order chi connectivity index (χ0) is 24.6. The Hall–Kier alpha value is -4.39. The first-order chi connectivity index (χ1) is 16.2. The third-order valence-corrected chi connectivity index (χ3v) is 5.81. The molecule has 0 spiro atoms. The molecule has 174 valence electrons. The number of nitrogens with zero attached hydrogens (tertiary/aromatic N) is 3.